The first-order chi connectivity index (χ1) is 9.45. The summed E-state index contributed by atoms with van der Waals surface area (Å²) in [6.07, 6.45) is 1.47. The van der Waals surface area contributed by atoms with Crippen LogP contribution in [0.25, 0.3) is 10.9 Å². The van der Waals surface area contributed by atoms with Crippen molar-refractivity contribution < 1.29 is 13.2 Å². The third kappa shape index (κ3) is 2.34. The molecule has 3 rings (SSSR count). The molecule has 1 aliphatic heterocycles. The highest BCUT2D eigenvalue weighted by atomic mass is 35.7. The SMILES string of the molecule is O=C1CC(S(=O)(=O)Cl)CN1c1ncc2ccccc2n1. The normalized spacial score (nSPS) is 19.8. The second kappa shape index (κ2) is 4.68. The number of aromatic nitrogens is 2. The smallest absolute Gasteiger partial charge is 0.237 e. The Morgan fingerprint density at radius 2 is 2.05 bits per heavy atom. The molecule has 0 spiro atoms. The fourth-order valence-electron chi connectivity index (χ4n) is 2.15. The van der Waals surface area contributed by atoms with Crippen LogP contribution in [0, 0.1) is 0 Å². The zero-order valence-electron chi connectivity index (χ0n) is 10.2. The molecule has 104 valence electrons. The van der Waals surface area contributed by atoms with Crippen molar-refractivity contribution in [1.29, 1.82) is 0 Å². The van der Waals surface area contributed by atoms with Crippen LogP contribution in [-0.2, 0) is 13.8 Å². The number of amides is 1. The highest BCUT2D eigenvalue weighted by Gasteiger charge is 2.39. The first-order valence-corrected chi connectivity index (χ1v) is 8.28. The van der Waals surface area contributed by atoms with E-state index in [1.165, 1.54) is 4.90 Å². The minimum absolute atomic E-state index is 0.0109. The van der Waals surface area contributed by atoms with Crippen LogP contribution in [0.3, 0.4) is 0 Å². The maximum absolute atomic E-state index is 11.9. The van der Waals surface area contributed by atoms with Crippen LogP contribution in [0.5, 0.6) is 0 Å². The summed E-state index contributed by atoms with van der Waals surface area (Å²) in [5, 5.41) is -0.0591. The first-order valence-electron chi connectivity index (χ1n) is 5.91. The van der Waals surface area contributed by atoms with Crippen LogP contribution in [0.4, 0.5) is 5.95 Å². The number of fused-ring (bicyclic) bond motifs is 1. The minimum atomic E-state index is -3.76. The number of anilines is 1. The van der Waals surface area contributed by atoms with Gasteiger partial charge in [0.2, 0.25) is 20.9 Å². The van der Waals surface area contributed by atoms with E-state index in [4.69, 9.17) is 10.7 Å². The van der Waals surface area contributed by atoms with Crippen molar-refractivity contribution in [2.45, 2.75) is 11.7 Å². The van der Waals surface area contributed by atoms with Gasteiger partial charge in [-0.1, -0.05) is 18.2 Å². The third-order valence-electron chi connectivity index (χ3n) is 3.21. The standard InChI is InChI=1S/C12H10ClN3O3S/c13-20(18,19)9-5-11(17)16(7-9)12-14-6-8-3-1-2-4-10(8)15-12/h1-4,6,9H,5,7H2. The molecule has 0 bridgehead atoms. The Hall–Kier alpha value is -1.73. The van der Waals surface area contributed by atoms with Gasteiger partial charge in [0.05, 0.1) is 5.52 Å². The Balaban J connectivity index is 1.97. The van der Waals surface area contributed by atoms with Gasteiger partial charge in [0.25, 0.3) is 0 Å². The van der Waals surface area contributed by atoms with Crippen molar-refractivity contribution in [2.24, 2.45) is 0 Å². The van der Waals surface area contributed by atoms with Gasteiger partial charge >= 0.3 is 0 Å². The minimum Gasteiger partial charge on any atom is -0.279 e. The molecule has 2 heterocycles. The predicted molar refractivity (Wildman–Crippen MR) is 75.1 cm³/mol. The number of nitrogens with zero attached hydrogens (tertiary/aromatic N) is 3. The van der Waals surface area contributed by atoms with Crippen LogP contribution in [0.2, 0.25) is 0 Å². The van der Waals surface area contributed by atoms with Crippen molar-refractivity contribution in [3.8, 4) is 0 Å². The molecule has 0 saturated carbocycles. The molecular weight excluding hydrogens is 302 g/mol. The maximum Gasteiger partial charge on any atom is 0.237 e. The average Bonchev–Trinajstić information content (AvgIpc) is 2.80. The van der Waals surface area contributed by atoms with E-state index in [2.05, 4.69) is 9.97 Å². The van der Waals surface area contributed by atoms with Gasteiger partial charge in [-0.2, -0.15) is 0 Å². The van der Waals surface area contributed by atoms with E-state index in [9.17, 15) is 13.2 Å². The molecule has 1 atom stereocenters. The number of para-hydroxylation sites is 1. The molecule has 1 fully saturated rings. The van der Waals surface area contributed by atoms with Crippen LogP contribution in [-0.4, -0.2) is 36.1 Å². The van der Waals surface area contributed by atoms with Gasteiger partial charge in [0, 0.05) is 35.2 Å². The average molecular weight is 312 g/mol. The lowest BCUT2D eigenvalue weighted by molar-refractivity contribution is -0.117. The fraction of sp³-hybridized carbons (Fsp3) is 0.250. The Kier molecular flexibility index (Phi) is 3.10. The first kappa shape index (κ1) is 13.3. The quantitative estimate of drug-likeness (QED) is 0.781. The lowest BCUT2D eigenvalue weighted by Crippen LogP contribution is -2.28. The van der Waals surface area contributed by atoms with Gasteiger partial charge in [0.1, 0.15) is 5.25 Å². The summed E-state index contributed by atoms with van der Waals surface area (Å²) in [6, 6.07) is 7.35. The lowest BCUT2D eigenvalue weighted by atomic mass is 10.2. The number of hydrogen-bond acceptors (Lipinski definition) is 5. The zero-order chi connectivity index (χ0) is 14.3. The summed E-state index contributed by atoms with van der Waals surface area (Å²) in [4.78, 5) is 21.5. The van der Waals surface area contributed by atoms with Crippen LogP contribution >= 0.6 is 10.7 Å². The molecular formula is C12H10ClN3O3S. The van der Waals surface area contributed by atoms with Gasteiger partial charge in [-0.25, -0.2) is 18.4 Å². The van der Waals surface area contributed by atoms with Crippen molar-refractivity contribution in [2.75, 3.05) is 11.4 Å². The molecule has 0 radical (unpaired) electrons. The molecule has 1 saturated heterocycles. The zero-order valence-corrected chi connectivity index (χ0v) is 11.8. The number of halogens is 1. The van der Waals surface area contributed by atoms with E-state index < -0.39 is 14.3 Å². The fourth-order valence-corrected chi connectivity index (χ4v) is 3.18. The van der Waals surface area contributed by atoms with Crippen LogP contribution in [0.15, 0.2) is 30.5 Å². The molecule has 0 aliphatic carbocycles. The van der Waals surface area contributed by atoms with E-state index in [1.54, 1.807) is 12.3 Å². The molecule has 20 heavy (non-hydrogen) atoms. The number of carbonyl (C=O) groups is 1. The van der Waals surface area contributed by atoms with Gasteiger partial charge in [-0.05, 0) is 6.07 Å². The van der Waals surface area contributed by atoms with Gasteiger partial charge < -0.3 is 0 Å². The highest BCUT2D eigenvalue weighted by molar-refractivity contribution is 8.14. The maximum atomic E-state index is 11.9. The summed E-state index contributed by atoms with van der Waals surface area (Å²) in [5.74, 6) is -0.133. The Labute approximate surface area is 119 Å². The summed E-state index contributed by atoms with van der Waals surface area (Å²) in [5.41, 5.74) is 0.697. The molecule has 6 nitrogen and oxygen atoms in total. The summed E-state index contributed by atoms with van der Waals surface area (Å²) in [6.45, 7) is -0.0109. The second-order valence-electron chi connectivity index (χ2n) is 4.53. The largest absolute Gasteiger partial charge is 0.279 e. The van der Waals surface area contributed by atoms with Crippen molar-refractivity contribution in [3.63, 3.8) is 0 Å². The molecule has 1 aliphatic rings. The Morgan fingerprint density at radius 3 is 2.75 bits per heavy atom. The Bertz CT molecular complexity index is 793. The molecule has 1 amide bonds. The van der Waals surface area contributed by atoms with E-state index in [1.807, 2.05) is 18.2 Å². The van der Waals surface area contributed by atoms with Gasteiger partial charge in [0.15, 0.2) is 0 Å². The molecule has 8 heteroatoms. The molecule has 1 aromatic heterocycles. The highest BCUT2D eigenvalue weighted by Crippen LogP contribution is 2.25. The van der Waals surface area contributed by atoms with Gasteiger partial charge in [-0.3, -0.25) is 9.69 Å². The number of benzene rings is 1. The number of rotatable bonds is 2. The van der Waals surface area contributed by atoms with E-state index in [-0.39, 0.29) is 24.8 Å². The summed E-state index contributed by atoms with van der Waals surface area (Å²) >= 11 is 0. The van der Waals surface area contributed by atoms with Crippen molar-refractivity contribution in [3.05, 3.63) is 30.5 Å². The Morgan fingerprint density at radius 1 is 1.30 bits per heavy atom. The van der Waals surface area contributed by atoms with Gasteiger partial charge in [-0.15, -0.1) is 0 Å². The monoisotopic (exact) mass is 311 g/mol. The third-order valence-corrected chi connectivity index (χ3v) is 5.07. The van der Waals surface area contributed by atoms with Crippen LogP contribution < -0.4 is 4.90 Å². The van der Waals surface area contributed by atoms with E-state index >= 15 is 0 Å². The molecule has 0 N–H and O–H groups in total. The molecule has 1 unspecified atom stereocenters. The summed E-state index contributed by atoms with van der Waals surface area (Å²) in [7, 11) is 1.54. The summed E-state index contributed by atoms with van der Waals surface area (Å²) < 4.78 is 22.6. The van der Waals surface area contributed by atoms with E-state index in [0.29, 0.717) is 5.52 Å². The molecule has 1 aromatic carbocycles. The van der Waals surface area contributed by atoms with Crippen LogP contribution in [0.1, 0.15) is 6.42 Å². The van der Waals surface area contributed by atoms with Crippen molar-refractivity contribution >= 4 is 42.5 Å². The predicted octanol–water partition coefficient (Wildman–Crippen LogP) is 1.30. The van der Waals surface area contributed by atoms with Crippen molar-refractivity contribution in [1.82, 2.24) is 9.97 Å². The topological polar surface area (TPSA) is 80.2 Å². The second-order valence-corrected chi connectivity index (χ2v) is 7.44. The lowest BCUT2D eigenvalue weighted by Gasteiger charge is -2.13. The van der Waals surface area contributed by atoms with E-state index in [0.717, 1.165) is 5.39 Å². The molecule has 2 aromatic rings. The number of carbonyl (C=O) groups excluding carboxylic acids is 1. The number of hydrogen-bond donors (Lipinski definition) is 0.